The Hall–Kier alpha value is -0.960. The maximum Gasteiger partial charge on any atom is 0.333 e. The van der Waals surface area contributed by atoms with Crippen molar-refractivity contribution >= 4 is 16.1 Å². The fourth-order valence-electron chi connectivity index (χ4n) is 1.89. The van der Waals surface area contributed by atoms with Crippen molar-refractivity contribution in [3.05, 3.63) is 12.2 Å². The molecule has 8 heteroatoms. The molecule has 0 radical (unpaired) electrons. The van der Waals surface area contributed by atoms with Gasteiger partial charge in [-0.15, -0.1) is 0 Å². The van der Waals surface area contributed by atoms with Crippen LogP contribution in [0.5, 0.6) is 0 Å². The quantitative estimate of drug-likeness (QED) is 0.189. The van der Waals surface area contributed by atoms with Crippen LogP contribution in [0.4, 0.5) is 0 Å². The molecule has 0 saturated carbocycles. The van der Waals surface area contributed by atoms with Crippen molar-refractivity contribution < 1.29 is 27.3 Å². The number of hydrogen-bond acceptors (Lipinski definition) is 6. The van der Waals surface area contributed by atoms with Crippen LogP contribution in [-0.4, -0.2) is 55.1 Å². The van der Waals surface area contributed by atoms with Gasteiger partial charge in [-0.3, -0.25) is 9.39 Å². The van der Waals surface area contributed by atoms with E-state index in [1.807, 2.05) is 20.8 Å². The van der Waals surface area contributed by atoms with Crippen molar-refractivity contribution in [2.45, 2.75) is 52.5 Å². The molecule has 0 fully saturated rings. The van der Waals surface area contributed by atoms with Crippen LogP contribution >= 0.6 is 0 Å². The van der Waals surface area contributed by atoms with E-state index in [0.717, 1.165) is 12.8 Å². The highest BCUT2D eigenvalue weighted by molar-refractivity contribution is 7.85. The average Bonchev–Trinajstić information content (AvgIpc) is 2.47. The predicted molar refractivity (Wildman–Crippen MR) is 88.5 cm³/mol. The van der Waals surface area contributed by atoms with E-state index in [0.29, 0.717) is 12.1 Å². The van der Waals surface area contributed by atoms with Crippen molar-refractivity contribution in [3.63, 3.8) is 0 Å². The van der Waals surface area contributed by atoms with Gasteiger partial charge in [-0.2, -0.15) is 13.5 Å². The minimum absolute atomic E-state index is 0.0873. The van der Waals surface area contributed by atoms with Crippen LogP contribution in [0.1, 0.15) is 47.0 Å². The summed E-state index contributed by atoms with van der Waals surface area (Å²) in [5, 5.41) is 1.72. The zero-order valence-electron chi connectivity index (χ0n) is 14.5. The van der Waals surface area contributed by atoms with E-state index in [-0.39, 0.29) is 30.9 Å². The molecular weight excluding hydrogens is 322 g/mol. The molecule has 0 aromatic heterocycles. The Morgan fingerprint density at radius 1 is 1.26 bits per heavy atom. The number of rotatable bonds is 12. The van der Waals surface area contributed by atoms with Gasteiger partial charge >= 0.3 is 5.97 Å². The summed E-state index contributed by atoms with van der Waals surface area (Å²) in [6.07, 6.45) is 1.86. The summed E-state index contributed by atoms with van der Waals surface area (Å²) in [7, 11) is -3.99. The van der Waals surface area contributed by atoms with E-state index in [4.69, 9.17) is 14.1 Å². The molecule has 0 saturated heterocycles. The second-order valence-corrected chi connectivity index (χ2v) is 7.27. The van der Waals surface area contributed by atoms with Crippen LogP contribution in [0.15, 0.2) is 12.2 Å². The van der Waals surface area contributed by atoms with Crippen LogP contribution in [0.25, 0.3) is 0 Å². The second-order valence-electron chi connectivity index (χ2n) is 5.70. The maximum absolute atomic E-state index is 11.3. The number of ether oxygens (including phenoxy) is 1. The summed E-state index contributed by atoms with van der Waals surface area (Å²) in [5.74, 6) is -0.790. The highest BCUT2D eigenvalue weighted by atomic mass is 32.2. The molecule has 0 amide bonds. The Labute approximate surface area is 139 Å². The van der Waals surface area contributed by atoms with Gasteiger partial charge in [0.05, 0.1) is 5.75 Å². The van der Waals surface area contributed by atoms with Crippen LogP contribution < -0.4 is 0 Å². The first kappa shape index (κ1) is 22.0. The third-order valence-corrected chi connectivity index (χ3v) is 4.61. The van der Waals surface area contributed by atoms with E-state index in [2.05, 4.69) is 6.58 Å². The van der Waals surface area contributed by atoms with E-state index < -0.39 is 16.1 Å². The van der Waals surface area contributed by atoms with Crippen molar-refractivity contribution in [1.29, 1.82) is 0 Å². The summed E-state index contributed by atoms with van der Waals surface area (Å²) in [6, 6.07) is 0. The number of hydroxylamine groups is 2. The second kappa shape index (κ2) is 10.0. The molecule has 136 valence electrons. The summed E-state index contributed by atoms with van der Waals surface area (Å²) in [5.41, 5.74) is 0.0550. The topological polar surface area (TPSA) is 93.1 Å². The largest absolute Gasteiger partial charge is 0.460 e. The molecule has 1 N–H and O–H groups in total. The van der Waals surface area contributed by atoms with Gasteiger partial charge in [-0.05, 0) is 33.1 Å². The number of esters is 1. The Bertz CT molecular complexity index is 484. The lowest BCUT2D eigenvalue weighted by Gasteiger charge is -2.39. The standard InChI is InChI=1S/C15H29NO6S/c1-6-15(5,7-2)16(9-8-12-23(18,19)20)22-11-10-21-14(17)13(3)4/h3,6-12H2,1-2,4-5H3,(H,18,19,20). The fraction of sp³-hybridized carbons (Fsp3) is 0.800. The van der Waals surface area contributed by atoms with Crippen LogP contribution in [-0.2, 0) is 24.5 Å². The van der Waals surface area contributed by atoms with Crippen molar-refractivity contribution in [2.75, 3.05) is 25.5 Å². The minimum Gasteiger partial charge on any atom is -0.460 e. The van der Waals surface area contributed by atoms with E-state index in [1.165, 1.54) is 0 Å². The lowest BCUT2D eigenvalue weighted by molar-refractivity contribution is -0.227. The summed E-state index contributed by atoms with van der Waals surface area (Å²) >= 11 is 0. The summed E-state index contributed by atoms with van der Waals surface area (Å²) in [6.45, 7) is 11.7. The first-order chi connectivity index (χ1) is 10.6. The predicted octanol–water partition coefficient (Wildman–Crippen LogP) is 2.20. The first-order valence-corrected chi connectivity index (χ1v) is 9.35. The molecule has 0 unspecified atom stereocenters. The van der Waals surface area contributed by atoms with Gasteiger partial charge in [-0.25, -0.2) is 4.79 Å². The smallest absolute Gasteiger partial charge is 0.333 e. The van der Waals surface area contributed by atoms with Gasteiger partial charge in [0.1, 0.15) is 13.2 Å². The van der Waals surface area contributed by atoms with Crippen LogP contribution in [0, 0.1) is 0 Å². The Morgan fingerprint density at radius 3 is 2.26 bits per heavy atom. The molecule has 0 rings (SSSR count). The molecule has 0 aliphatic carbocycles. The normalized spacial score (nSPS) is 12.4. The molecular formula is C15H29NO6S. The first-order valence-electron chi connectivity index (χ1n) is 7.74. The molecule has 23 heavy (non-hydrogen) atoms. The molecule has 7 nitrogen and oxygen atoms in total. The maximum atomic E-state index is 11.3. The van der Waals surface area contributed by atoms with Gasteiger partial charge in [0.25, 0.3) is 10.1 Å². The molecule has 0 spiro atoms. The monoisotopic (exact) mass is 351 g/mol. The summed E-state index contributed by atoms with van der Waals surface area (Å²) < 4.78 is 35.5. The third kappa shape index (κ3) is 9.04. The van der Waals surface area contributed by atoms with E-state index in [1.54, 1.807) is 12.0 Å². The average molecular weight is 351 g/mol. The van der Waals surface area contributed by atoms with Gasteiger partial charge < -0.3 is 4.74 Å². The van der Waals surface area contributed by atoms with Crippen LogP contribution in [0.2, 0.25) is 0 Å². The molecule has 0 aliphatic rings. The fourth-order valence-corrected chi connectivity index (χ4v) is 2.38. The van der Waals surface area contributed by atoms with E-state index >= 15 is 0 Å². The third-order valence-electron chi connectivity index (χ3n) is 3.80. The number of carbonyl (C=O) groups is 1. The van der Waals surface area contributed by atoms with Gasteiger partial charge in [-0.1, -0.05) is 20.4 Å². The van der Waals surface area contributed by atoms with Gasteiger partial charge in [0.15, 0.2) is 0 Å². The molecule has 0 aliphatic heterocycles. The minimum atomic E-state index is -3.99. The Balaban J connectivity index is 4.55. The SMILES string of the molecule is C=C(C)C(=O)OCCON(CCCS(=O)(=O)O)C(C)(CC)CC. The lowest BCUT2D eigenvalue weighted by atomic mass is 9.95. The molecule has 0 atom stereocenters. The Kier molecular flexibility index (Phi) is 9.60. The highest BCUT2D eigenvalue weighted by Gasteiger charge is 2.29. The number of nitrogens with zero attached hydrogens (tertiary/aromatic N) is 1. The zero-order valence-corrected chi connectivity index (χ0v) is 15.3. The van der Waals surface area contributed by atoms with Crippen molar-refractivity contribution in [2.24, 2.45) is 0 Å². The highest BCUT2D eigenvalue weighted by Crippen LogP contribution is 2.24. The molecule has 0 bridgehead atoms. The van der Waals surface area contributed by atoms with Crippen molar-refractivity contribution in [3.8, 4) is 0 Å². The molecule has 0 aromatic carbocycles. The van der Waals surface area contributed by atoms with Gasteiger partial charge in [0.2, 0.25) is 0 Å². The molecule has 0 heterocycles. The van der Waals surface area contributed by atoms with Crippen molar-refractivity contribution in [1.82, 2.24) is 5.06 Å². The molecule has 0 aromatic rings. The number of hydrogen-bond donors (Lipinski definition) is 1. The zero-order chi connectivity index (χ0) is 18.1. The Morgan fingerprint density at radius 2 is 1.83 bits per heavy atom. The van der Waals surface area contributed by atoms with Crippen LogP contribution in [0.3, 0.4) is 0 Å². The van der Waals surface area contributed by atoms with E-state index in [9.17, 15) is 13.2 Å². The summed E-state index contributed by atoms with van der Waals surface area (Å²) in [4.78, 5) is 17.0. The van der Waals surface area contributed by atoms with Gasteiger partial charge in [0, 0.05) is 17.7 Å². The number of carbonyl (C=O) groups excluding carboxylic acids is 1. The lowest BCUT2D eigenvalue weighted by Crippen LogP contribution is -2.46.